The number of fused-ring (bicyclic) bond motifs is 1. The highest BCUT2D eigenvalue weighted by atomic mass is 32.2. The summed E-state index contributed by atoms with van der Waals surface area (Å²) in [4.78, 5) is 19.9. The summed E-state index contributed by atoms with van der Waals surface area (Å²) in [7, 11) is -3.64. The second-order valence-electron chi connectivity index (χ2n) is 7.65. The monoisotopic (exact) mass is 463 g/mol. The van der Waals surface area contributed by atoms with Crippen LogP contribution in [0.4, 0.5) is 0 Å². The van der Waals surface area contributed by atoms with Crippen LogP contribution in [0.5, 0.6) is 5.75 Å². The molecule has 8 heteroatoms. The SMILES string of the molecule is CCCCOc1ccc(S(=O)(=O)c2ccc(CNC(=O)c3cc4cnccc4[nH]3)cc2)cc1. The first-order chi connectivity index (χ1) is 16.0. The van der Waals surface area contributed by atoms with Gasteiger partial charge < -0.3 is 15.0 Å². The number of benzene rings is 2. The number of aromatic nitrogens is 2. The van der Waals surface area contributed by atoms with E-state index in [0.29, 0.717) is 18.1 Å². The van der Waals surface area contributed by atoms with Gasteiger partial charge in [-0.15, -0.1) is 0 Å². The van der Waals surface area contributed by atoms with Crippen molar-refractivity contribution >= 4 is 26.6 Å². The van der Waals surface area contributed by atoms with Crippen molar-refractivity contribution in [1.29, 1.82) is 0 Å². The summed E-state index contributed by atoms with van der Waals surface area (Å²) in [5.74, 6) is 0.406. The van der Waals surface area contributed by atoms with Crippen molar-refractivity contribution in [1.82, 2.24) is 15.3 Å². The van der Waals surface area contributed by atoms with Gasteiger partial charge in [-0.25, -0.2) is 8.42 Å². The highest BCUT2D eigenvalue weighted by Crippen LogP contribution is 2.23. The summed E-state index contributed by atoms with van der Waals surface area (Å²) >= 11 is 0. The van der Waals surface area contributed by atoms with E-state index in [1.165, 1.54) is 0 Å². The van der Waals surface area contributed by atoms with Crippen molar-refractivity contribution in [3.63, 3.8) is 0 Å². The number of amides is 1. The number of unbranched alkanes of at least 4 members (excludes halogenated alkanes) is 1. The van der Waals surface area contributed by atoms with E-state index in [4.69, 9.17) is 4.74 Å². The number of pyridine rings is 1. The minimum Gasteiger partial charge on any atom is -0.494 e. The number of sulfone groups is 1. The third kappa shape index (κ3) is 5.23. The number of aromatic amines is 1. The quantitative estimate of drug-likeness (QED) is 0.356. The fourth-order valence-corrected chi connectivity index (χ4v) is 4.60. The fraction of sp³-hybridized carbons (Fsp3) is 0.200. The standard InChI is InChI=1S/C25H25N3O4S/c1-2-3-14-32-20-6-10-22(11-7-20)33(30,31)21-8-4-18(5-9-21)16-27-25(29)24-15-19-17-26-13-12-23(19)28-24/h4-13,15,17,28H,2-3,14,16H2,1H3,(H,27,29). The lowest BCUT2D eigenvalue weighted by molar-refractivity contribution is 0.0946. The van der Waals surface area contributed by atoms with Crippen LogP contribution in [0.2, 0.25) is 0 Å². The highest BCUT2D eigenvalue weighted by molar-refractivity contribution is 7.91. The normalized spacial score (nSPS) is 11.4. The zero-order valence-corrected chi connectivity index (χ0v) is 19.1. The van der Waals surface area contributed by atoms with Gasteiger partial charge in [0.1, 0.15) is 11.4 Å². The Balaban J connectivity index is 1.39. The van der Waals surface area contributed by atoms with Crippen LogP contribution >= 0.6 is 0 Å². The Morgan fingerprint density at radius 3 is 2.39 bits per heavy atom. The Kier molecular flexibility index (Phi) is 6.74. The third-order valence-electron chi connectivity index (χ3n) is 5.25. The van der Waals surface area contributed by atoms with Crippen molar-refractivity contribution < 1.29 is 17.9 Å². The topological polar surface area (TPSA) is 101 Å². The molecule has 0 fully saturated rings. The fourth-order valence-electron chi connectivity index (χ4n) is 3.34. The van der Waals surface area contributed by atoms with E-state index in [0.717, 1.165) is 29.3 Å². The number of hydrogen-bond acceptors (Lipinski definition) is 5. The van der Waals surface area contributed by atoms with Crippen LogP contribution in [-0.2, 0) is 16.4 Å². The molecule has 0 spiro atoms. The lowest BCUT2D eigenvalue weighted by atomic mass is 10.2. The smallest absolute Gasteiger partial charge is 0.267 e. The molecule has 7 nitrogen and oxygen atoms in total. The molecule has 0 aliphatic heterocycles. The molecule has 2 aromatic carbocycles. The maximum Gasteiger partial charge on any atom is 0.267 e. The summed E-state index contributed by atoms with van der Waals surface area (Å²) in [6, 6.07) is 16.5. The Labute approximate surface area is 192 Å². The molecular formula is C25H25N3O4S. The van der Waals surface area contributed by atoms with Gasteiger partial charge in [0.2, 0.25) is 9.84 Å². The predicted octanol–water partition coefficient (Wildman–Crippen LogP) is 4.50. The zero-order valence-electron chi connectivity index (χ0n) is 18.2. The lowest BCUT2D eigenvalue weighted by Crippen LogP contribution is -2.23. The van der Waals surface area contributed by atoms with Gasteiger partial charge in [0.05, 0.1) is 16.4 Å². The van der Waals surface area contributed by atoms with Crippen molar-refractivity contribution in [2.75, 3.05) is 6.61 Å². The molecule has 0 atom stereocenters. The molecule has 1 amide bonds. The summed E-state index contributed by atoms with van der Waals surface area (Å²) < 4.78 is 31.5. The van der Waals surface area contributed by atoms with Crippen LogP contribution in [-0.4, -0.2) is 30.9 Å². The Bertz CT molecular complexity index is 1310. The third-order valence-corrected chi connectivity index (χ3v) is 7.04. The molecule has 0 aliphatic carbocycles. The van der Waals surface area contributed by atoms with Crippen LogP contribution in [0, 0.1) is 0 Å². The van der Waals surface area contributed by atoms with E-state index in [1.54, 1.807) is 73.1 Å². The molecule has 33 heavy (non-hydrogen) atoms. The Morgan fingerprint density at radius 2 is 1.73 bits per heavy atom. The molecule has 0 saturated carbocycles. The van der Waals surface area contributed by atoms with Crippen LogP contribution < -0.4 is 10.1 Å². The minimum atomic E-state index is -3.64. The average Bonchev–Trinajstić information content (AvgIpc) is 3.28. The summed E-state index contributed by atoms with van der Waals surface area (Å²) in [6.07, 6.45) is 5.33. The van der Waals surface area contributed by atoms with E-state index in [-0.39, 0.29) is 22.2 Å². The van der Waals surface area contributed by atoms with E-state index in [2.05, 4.69) is 22.2 Å². The summed E-state index contributed by atoms with van der Waals surface area (Å²) in [6.45, 7) is 2.97. The number of hydrogen-bond donors (Lipinski definition) is 2. The van der Waals surface area contributed by atoms with Crippen LogP contribution in [0.1, 0.15) is 35.8 Å². The van der Waals surface area contributed by atoms with Crippen LogP contribution in [0.15, 0.2) is 82.8 Å². The maximum absolute atomic E-state index is 12.9. The molecule has 0 saturated heterocycles. The molecule has 0 aliphatic rings. The largest absolute Gasteiger partial charge is 0.494 e. The number of carbonyl (C=O) groups is 1. The molecular weight excluding hydrogens is 438 g/mol. The van der Waals surface area contributed by atoms with Gasteiger partial charge in [-0.1, -0.05) is 25.5 Å². The van der Waals surface area contributed by atoms with Crippen molar-refractivity contribution in [3.05, 3.63) is 84.3 Å². The van der Waals surface area contributed by atoms with Gasteiger partial charge >= 0.3 is 0 Å². The Morgan fingerprint density at radius 1 is 1.03 bits per heavy atom. The second-order valence-corrected chi connectivity index (χ2v) is 9.60. The zero-order chi connectivity index (χ0) is 23.3. The summed E-state index contributed by atoms with van der Waals surface area (Å²) in [5, 5.41) is 3.70. The van der Waals surface area contributed by atoms with Crippen molar-refractivity contribution in [3.8, 4) is 5.75 Å². The molecule has 0 radical (unpaired) electrons. The molecule has 2 N–H and O–H groups in total. The predicted molar refractivity (Wildman–Crippen MR) is 126 cm³/mol. The van der Waals surface area contributed by atoms with Crippen LogP contribution in [0.3, 0.4) is 0 Å². The van der Waals surface area contributed by atoms with Gasteiger partial charge in [-0.3, -0.25) is 9.78 Å². The number of nitrogens with one attached hydrogen (secondary N) is 2. The van der Waals surface area contributed by atoms with E-state index < -0.39 is 9.84 Å². The molecule has 2 aromatic heterocycles. The van der Waals surface area contributed by atoms with Gasteiger partial charge in [0, 0.05) is 29.8 Å². The number of nitrogens with zero attached hydrogens (tertiary/aromatic N) is 1. The first-order valence-electron chi connectivity index (χ1n) is 10.7. The van der Waals surface area contributed by atoms with Crippen LogP contribution in [0.25, 0.3) is 10.9 Å². The molecule has 4 aromatic rings. The number of ether oxygens (including phenoxy) is 1. The number of carbonyl (C=O) groups excluding carboxylic acids is 1. The van der Waals surface area contributed by atoms with Gasteiger partial charge in [-0.2, -0.15) is 0 Å². The molecule has 0 bridgehead atoms. The maximum atomic E-state index is 12.9. The highest BCUT2D eigenvalue weighted by Gasteiger charge is 2.18. The van der Waals surface area contributed by atoms with Gasteiger partial charge in [-0.05, 0) is 60.5 Å². The van der Waals surface area contributed by atoms with E-state index >= 15 is 0 Å². The second kappa shape index (κ2) is 9.87. The first-order valence-corrected chi connectivity index (χ1v) is 12.2. The molecule has 4 rings (SSSR count). The summed E-state index contributed by atoms with van der Waals surface area (Å²) in [5.41, 5.74) is 2.07. The average molecular weight is 464 g/mol. The van der Waals surface area contributed by atoms with E-state index in [1.807, 2.05) is 0 Å². The van der Waals surface area contributed by atoms with Crippen molar-refractivity contribution in [2.24, 2.45) is 0 Å². The Hall–Kier alpha value is -3.65. The van der Waals surface area contributed by atoms with Gasteiger partial charge in [0.25, 0.3) is 5.91 Å². The number of H-pyrrole nitrogens is 1. The molecule has 170 valence electrons. The lowest BCUT2D eigenvalue weighted by Gasteiger charge is -2.09. The minimum absolute atomic E-state index is 0.195. The molecule has 2 heterocycles. The van der Waals surface area contributed by atoms with Gasteiger partial charge in [0.15, 0.2) is 0 Å². The van der Waals surface area contributed by atoms with E-state index in [9.17, 15) is 13.2 Å². The first kappa shape index (κ1) is 22.5. The molecule has 0 unspecified atom stereocenters. The van der Waals surface area contributed by atoms with Crippen molar-refractivity contribution in [2.45, 2.75) is 36.1 Å². The number of rotatable bonds is 9.